The van der Waals surface area contributed by atoms with Crippen molar-refractivity contribution < 1.29 is 9.53 Å². The number of thiophene rings is 1. The lowest BCUT2D eigenvalue weighted by molar-refractivity contribution is -0.111. The zero-order chi connectivity index (χ0) is 18.0. The molecule has 1 aromatic carbocycles. The van der Waals surface area contributed by atoms with Crippen LogP contribution in [0.25, 0.3) is 6.08 Å². The van der Waals surface area contributed by atoms with Gasteiger partial charge in [-0.3, -0.25) is 4.79 Å². The molecule has 1 aromatic heterocycles. The quantitative estimate of drug-likeness (QED) is 0.603. The number of amides is 1. The molecule has 4 nitrogen and oxygen atoms in total. The average molecular weight is 482 g/mol. The highest BCUT2D eigenvalue weighted by Gasteiger charge is 2.22. The van der Waals surface area contributed by atoms with Crippen molar-refractivity contribution in [1.29, 1.82) is 5.26 Å². The Balaban J connectivity index is 1.80. The first-order valence-electron chi connectivity index (χ1n) is 7.60. The van der Waals surface area contributed by atoms with Gasteiger partial charge in [-0.25, -0.2) is 0 Å². The van der Waals surface area contributed by atoms with E-state index in [4.69, 9.17) is 4.74 Å². The van der Waals surface area contributed by atoms with Gasteiger partial charge in [0, 0.05) is 21.0 Å². The first-order valence-corrected chi connectivity index (χ1v) is 10.0. The minimum absolute atomic E-state index is 0.269. The highest BCUT2D eigenvalue weighted by molar-refractivity contribution is 9.11. The maximum absolute atomic E-state index is 12.3. The Morgan fingerprint density at radius 1 is 1.40 bits per heavy atom. The van der Waals surface area contributed by atoms with Gasteiger partial charge < -0.3 is 10.1 Å². The summed E-state index contributed by atoms with van der Waals surface area (Å²) in [5.74, 6) is 0.384. The molecule has 0 atom stereocenters. The van der Waals surface area contributed by atoms with Crippen molar-refractivity contribution in [2.45, 2.75) is 19.3 Å². The predicted molar refractivity (Wildman–Crippen MR) is 107 cm³/mol. The molecule has 0 bridgehead atoms. The molecule has 1 aliphatic rings. The second-order valence-electron chi connectivity index (χ2n) is 5.51. The van der Waals surface area contributed by atoms with Crippen molar-refractivity contribution >= 4 is 60.2 Å². The second-order valence-corrected chi connectivity index (χ2v) is 8.38. The number of methoxy groups -OCH3 is 1. The monoisotopic (exact) mass is 480 g/mol. The molecule has 1 amide bonds. The summed E-state index contributed by atoms with van der Waals surface area (Å²) < 4.78 is 7.04. The van der Waals surface area contributed by atoms with Crippen LogP contribution in [0.15, 0.2) is 27.2 Å². The molecule has 0 radical (unpaired) electrons. The largest absolute Gasteiger partial charge is 0.495 e. The summed E-state index contributed by atoms with van der Waals surface area (Å²) in [5.41, 5.74) is 2.49. The third-order valence-electron chi connectivity index (χ3n) is 3.93. The minimum atomic E-state index is -0.269. The van der Waals surface area contributed by atoms with Crippen molar-refractivity contribution in [2.24, 2.45) is 0 Å². The number of nitrogens with zero attached hydrogens (tertiary/aromatic N) is 1. The van der Waals surface area contributed by atoms with Crippen molar-refractivity contribution in [3.63, 3.8) is 0 Å². The van der Waals surface area contributed by atoms with Crippen LogP contribution < -0.4 is 10.1 Å². The van der Waals surface area contributed by atoms with Gasteiger partial charge in [-0.05, 0) is 59.0 Å². The van der Waals surface area contributed by atoms with Crippen molar-refractivity contribution in [2.75, 3.05) is 12.4 Å². The highest BCUT2D eigenvalue weighted by Crippen LogP contribution is 2.38. The molecule has 0 saturated heterocycles. The van der Waals surface area contributed by atoms with Crippen molar-refractivity contribution in [3.05, 3.63) is 48.7 Å². The molecule has 7 heteroatoms. The fourth-order valence-electron chi connectivity index (χ4n) is 2.85. The Labute approximate surface area is 166 Å². The van der Waals surface area contributed by atoms with Gasteiger partial charge in [0.15, 0.2) is 0 Å². The Hall–Kier alpha value is -1.62. The second kappa shape index (κ2) is 7.73. The maximum atomic E-state index is 12.3. The van der Waals surface area contributed by atoms with Crippen molar-refractivity contribution in [3.8, 4) is 11.8 Å². The van der Waals surface area contributed by atoms with E-state index in [1.165, 1.54) is 22.3 Å². The SMILES string of the molecule is COc1c(Br)cc(Br)cc1/C=C/C(=O)Nc1sc2c(c1C#N)CCC2. The van der Waals surface area contributed by atoms with E-state index in [-0.39, 0.29) is 5.91 Å². The summed E-state index contributed by atoms with van der Waals surface area (Å²) in [4.78, 5) is 13.5. The van der Waals surface area contributed by atoms with E-state index in [9.17, 15) is 10.1 Å². The van der Waals surface area contributed by atoms with Gasteiger partial charge in [-0.2, -0.15) is 5.26 Å². The molecular formula is C18H14Br2N2O2S. The number of rotatable bonds is 4. The molecule has 0 spiro atoms. The standard InChI is InChI=1S/C18H14Br2N2O2S/c1-24-17-10(7-11(19)8-14(17)20)5-6-16(23)22-18-13(9-21)12-3-2-4-15(12)25-18/h5-8H,2-4H2,1H3,(H,22,23)/b6-5+. The first kappa shape index (κ1) is 18.2. The van der Waals surface area contributed by atoms with E-state index in [0.29, 0.717) is 16.3 Å². The number of anilines is 1. The van der Waals surface area contributed by atoms with E-state index >= 15 is 0 Å². The van der Waals surface area contributed by atoms with E-state index in [2.05, 4.69) is 43.2 Å². The van der Waals surface area contributed by atoms with E-state index < -0.39 is 0 Å². The van der Waals surface area contributed by atoms with Crippen LogP contribution >= 0.6 is 43.2 Å². The van der Waals surface area contributed by atoms with Gasteiger partial charge in [0.25, 0.3) is 0 Å². The fourth-order valence-corrected chi connectivity index (χ4v) is 5.51. The summed E-state index contributed by atoms with van der Waals surface area (Å²) in [6.45, 7) is 0. The first-order chi connectivity index (χ1) is 12.0. The Morgan fingerprint density at radius 2 is 2.20 bits per heavy atom. The molecular weight excluding hydrogens is 468 g/mol. The molecule has 2 aromatic rings. The number of hydrogen-bond donors (Lipinski definition) is 1. The summed E-state index contributed by atoms with van der Waals surface area (Å²) in [6, 6.07) is 5.97. The molecule has 3 rings (SSSR count). The zero-order valence-corrected chi connectivity index (χ0v) is 17.3. The van der Waals surface area contributed by atoms with Crippen molar-refractivity contribution in [1.82, 2.24) is 0 Å². The lowest BCUT2D eigenvalue weighted by atomic mass is 10.1. The van der Waals surface area contributed by atoms with Gasteiger partial charge >= 0.3 is 0 Å². The Morgan fingerprint density at radius 3 is 2.92 bits per heavy atom. The number of benzene rings is 1. The molecule has 1 aliphatic carbocycles. The zero-order valence-electron chi connectivity index (χ0n) is 13.4. The van der Waals surface area contributed by atoms with Crippen LogP contribution in [0.5, 0.6) is 5.75 Å². The number of halogens is 2. The van der Waals surface area contributed by atoms with Crippen LogP contribution in [0.2, 0.25) is 0 Å². The van der Waals surface area contributed by atoms with Gasteiger partial charge in [-0.1, -0.05) is 15.9 Å². The fraction of sp³-hybridized carbons (Fsp3) is 0.222. The molecule has 1 N–H and O–H groups in total. The number of fused-ring (bicyclic) bond motifs is 1. The van der Waals surface area contributed by atoms with E-state index in [1.807, 2.05) is 12.1 Å². The average Bonchev–Trinajstić information content (AvgIpc) is 3.13. The number of nitriles is 1. The third-order valence-corrected chi connectivity index (χ3v) is 6.18. The van der Waals surface area contributed by atoms with Crippen LogP contribution in [0, 0.1) is 11.3 Å². The number of ether oxygens (including phenoxy) is 1. The van der Waals surface area contributed by atoms with Gasteiger partial charge in [0.2, 0.25) is 5.91 Å². The van der Waals surface area contributed by atoms with Crippen LogP contribution in [0.1, 0.15) is 28.0 Å². The highest BCUT2D eigenvalue weighted by atomic mass is 79.9. The van der Waals surface area contributed by atoms with E-state index in [1.54, 1.807) is 13.2 Å². The van der Waals surface area contributed by atoms with Crippen LogP contribution in [-0.2, 0) is 17.6 Å². The maximum Gasteiger partial charge on any atom is 0.249 e. The molecule has 0 fully saturated rings. The van der Waals surface area contributed by atoms with Gasteiger partial charge in [0.05, 0.1) is 17.1 Å². The third kappa shape index (κ3) is 3.81. The lowest BCUT2D eigenvalue weighted by Gasteiger charge is -2.08. The Bertz CT molecular complexity index is 913. The smallest absolute Gasteiger partial charge is 0.249 e. The molecule has 128 valence electrons. The normalized spacial score (nSPS) is 12.9. The number of aryl methyl sites for hydroxylation is 1. The van der Waals surface area contributed by atoms with Crippen LogP contribution in [-0.4, -0.2) is 13.0 Å². The topological polar surface area (TPSA) is 62.1 Å². The minimum Gasteiger partial charge on any atom is -0.495 e. The molecule has 0 aliphatic heterocycles. The summed E-state index contributed by atoms with van der Waals surface area (Å²) in [6.07, 6.45) is 6.13. The number of hydrogen-bond acceptors (Lipinski definition) is 4. The molecule has 0 unspecified atom stereocenters. The van der Waals surface area contributed by atoms with Crippen LogP contribution in [0.4, 0.5) is 5.00 Å². The molecule has 1 heterocycles. The summed E-state index contributed by atoms with van der Waals surface area (Å²) >= 11 is 8.37. The summed E-state index contributed by atoms with van der Waals surface area (Å²) in [7, 11) is 1.58. The predicted octanol–water partition coefficient (Wildman–Crippen LogP) is 5.29. The number of nitrogens with one attached hydrogen (secondary N) is 1. The van der Waals surface area contributed by atoms with Gasteiger partial charge in [-0.15, -0.1) is 11.3 Å². The van der Waals surface area contributed by atoms with E-state index in [0.717, 1.165) is 39.3 Å². The molecule has 0 saturated carbocycles. The summed E-state index contributed by atoms with van der Waals surface area (Å²) in [5, 5.41) is 12.9. The lowest BCUT2D eigenvalue weighted by Crippen LogP contribution is -2.07. The van der Waals surface area contributed by atoms with Crippen LogP contribution in [0.3, 0.4) is 0 Å². The van der Waals surface area contributed by atoms with Gasteiger partial charge in [0.1, 0.15) is 16.8 Å². The number of carbonyl (C=O) groups is 1. The molecule has 25 heavy (non-hydrogen) atoms. The Kier molecular flexibility index (Phi) is 5.62. The number of carbonyl (C=O) groups excluding carboxylic acids is 1.